The van der Waals surface area contributed by atoms with Crippen LogP contribution in [0.3, 0.4) is 0 Å². The van der Waals surface area contributed by atoms with Gasteiger partial charge in [-0.15, -0.1) is 0 Å². The minimum Gasteiger partial charge on any atom is -0.367 e. The van der Waals surface area contributed by atoms with E-state index in [1.54, 1.807) is 0 Å². The number of thioether (sulfide) groups is 1. The molecule has 0 aromatic heterocycles. The second-order valence-electron chi connectivity index (χ2n) is 4.68. The summed E-state index contributed by atoms with van der Waals surface area (Å²) in [5.41, 5.74) is 2.71. The molecule has 3 heteroatoms. The lowest BCUT2D eigenvalue weighted by atomic mass is 10.0. The molecule has 1 heterocycles. The highest BCUT2D eigenvalue weighted by molar-refractivity contribution is 9.11. The van der Waals surface area contributed by atoms with Crippen LogP contribution in [0.4, 0.5) is 0 Å². The average Bonchev–Trinajstić information content (AvgIpc) is 2.69. The van der Waals surface area contributed by atoms with Crippen LogP contribution in [0, 0.1) is 5.92 Å². The van der Waals surface area contributed by atoms with Crippen molar-refractivity contribution in [3.05, 3.63) is 41.6 Å². The first-order valence-corrected chi connectivity index (χ1v) is 7.82. The first-order valence-electron chi connectivity index (χ1n) is 6.02. The lowest BCUT2D eigenvalue weighted by Crippen LogP contribution is -2.13. The lowest BCUT2D eigenvalue weighted by molar-refractivity contribution is 0.574. The van der Waals surface area contributed by atoms with E-state index < -0.39 is 0 Å². The summed E-state index contributed by atoms with van der Waals surface area (Å²) in [4.78, 5) is 1.40. The summed E-state index contributed by atoms with van der Waals surface area (Å²) >= 11 is 5.50. The normalized spacial score (nSPS) is 19.9. The van der Waals surface area contributed by atoms with Crippen LogP contribution in [-0.2, 0) is 0 Å². The molecule has 2 rings (SSSR count). The fourth-order valence-corrected chi connectivity index (χ4v) is 3.68. The zero-order valence-corrected chi connectivity index (χ0v) is 12.6. The molecule has 1 N–H and O–H groups in total. The van der Waals surface area contributed by atoms with Crippen molar-refractivity contribution >= 4 is 32.6 Å². The average molecular weight is 312 g/mol. The van der Waals surface area contributed by atoms with Crippen molar-refractivity contribution in [1.82, 2.24) is 5.32 Å². The van der Waals surface area contributed by atoms with Crippen molar-refractivity contribution in [2.75, 3.05) is 0 Å². The number of nitrogens with one attached hydrogen (secondary N) is 1. The molecule has 0 aliphatic carbocycles. The van der Waals surface area contributed by atoms with Crippen molar-refractivity contribution in [3.8, 4) is 0 Å². The van der Waals surface area contributed by atoms with Gasteiger partial charge in [-0.2, -0.15) is 0 Å². The quantitative estimate of drug-likeness (QED) is 0.633. The molecule has 1 aliphatic heterocycles. The molecule has 0 bridgehead atoms. The van der Waals surface area contributed by atoms with E-state index in [1.165, 1.54) is 22.6 Å². The van der Waals surface area contributed by atoms with Crippen LogP contribution in [0.25, 0.3) is 4.91 Å². The van der Waals surface area contributed by atoms with Crippen LogP contribution in [0.2, 0.25) is 0 Å². The van der Waals surface area contributed by atoms with Gasteiger partial charge in [-0.05, 0) is 24.3 Å². The molecule has 0 fully saturated rings. The van der Waals surface area contributed by atoms with Gasteiger partial charge in [0.15, 0.2) is 0 Å². The van der Waals surface area contributed by atoms with Gasteiger partial charge in [-0.25, -0.2) is 0 Å². The first-order chi connectivity index (χ1) is 8.16. The van der Waals surface area contributed by atoms with Crippen LogP contribution >= 0.6 is 27.7 Å². The SMILES string of the molecule is CC(C)CCC1=C(c2ccccc2)SC(Br)N1. The Bertz CT molecular complexity index is 400. The molecule has 92 valence electrons. The molecule has 0 saturated carbocycles. The van der Waals surface area contributed by atoms with Gasteiger partial charge in [0.2, 0.25) is 0 Å². The summed E-state index contributed by atoms with van der Waals surface area (Å²) in [7, 11) is 0. The summed E-state index contributed by atoms with van der Waals surface area (Å²) in [6.07, 6.45) is 2.37. The second-order valence-corrected chi connectivity index (χ2v) is 7.32. The summed E-state index contributed by atoms with van der Waals surface area (Å²) in [6, 6.07) is 10.6. The van der Waals surface area contributed by atoms with E-state index in [-0.39, 0.29) is 0 Å². The predicted octanol–water partition coefficient (Wildman–Crippen LogP) is 4.81. The Morgan fingerprint density at radius 1 is 1.29 bits per heavy atom. The number of halogens is 1. The van der Waals surface area contributed by atoms with Gasteiger partial charge in [0.25, 0.3) is 0 Å². The van der Waals surface area contributed by atoms with E-state index >= 15 is 0 Å². The molecule has 1 nitrogen and oxygen atoms in total. The number of hydrogen-bond acceptors (Lipinski definition) is 2. The third-order valence-corrected chi connectivity index (χ3v) is 4.62. The van der Waals surface area contributed by atoms with Crippen molar-refractivity contribution in [1.29, 1.82) is 0 Å². The molecule has 1 aromatic carbocycles. The van der Waals surface area contributed by atoms with Crippen molar-refractivity contribution in [3.63, 3.8) is 0 Å². The Hall–Kier alpha value is -0.410. The van der Waals surface area contributed by atoms with Gasteiger partial charge >= 0.3 is 0 Å². The Labute approximate surface area is 116 Å². The van der Waals surface area contributed by atoms with E-state index in [9.17, 15) is 0 Å². The lowest BCUT2D eigenvalue weighted by Gasteiger charge is -2.09. The van der Waals surface area contributed by atoms with E-state index in [4.69, 9.17) is 0 Å². The maximum absolute atomic E-state index is 3.63. The van der Waals surface area contributed by atoms with Crippen LogP contribution < -0.4 is 5.32 Å². The highest BCUT2D eigenvalue weighted by atomic mass is 79.9. The fourth-order valence-electron chi connectivity index (χ4n) is 1.86. The summed E-state index contributed by atoms with van der Waals surface area (Å²) in [6.45, 7) is 4.55. The van der Waals surface area contributed by atoms with Gasteiger partial charge in [0, 0.05) is 10.6 Å². The minimum absolute atomic E-state index is 0.319. The molecule has 0 amide bonds. The number of alkyl halides is 1. The Morgan fingerprint density at radius 2 is 2.00 bits per heavy atom. The number of rotatable bonds is 4. The van der Waals surface area contributed by atoms with E-state index in [0.717, 1.165) is 12.3 Å². The molecule has 0 saturated heterocycles. The van der Waals surface area contributed by atoms with Gasteiger partial charge in [-0.3, -0.25) is 0 Å². The largest absolute Gasteiger partial charge is 0.367 e. The molecular weight excluding hydrogens is 294 g/mol. The molecule has 1 unspecified atom stereocenters. The van der Waals surface area contributed by atoms with Gasteiger partial charge in [0.1, 0.15) is 4.28 Å². The molecule has 0 radical (unpaired) electrons. The fraction of sp³-hybridized carbons (Fsp3) is 0.429. The summed E-state index contributed by atoms with van der Waals surface area (Å²) < 4.78 is 0.319. The molecule has 1 aliphatic rings. The number of hydrogen-bond donors (Lipinski definition) is 1. The molecule has 1 aromatic rings. The molecular formula is C14H18BrNS. The second kappa shape index (κ2) is 5.96. The topological polar surface area (TPSA) is 12.0 Å². The van der Waals surface area contributed by atoms with Crippen molar-refractivity contribution < 1.29 is 0 Å². The Morgan fingerprint density at radius 3 is 2.65 bits per heavy atom. The Balaban J connectivity index is 2.18. The van der Waals surface area contributed by atoms with Gasteiger partial charge in [0.05, 0.1) is 0 Å². The maximum atomic E-state index is 3.63. The third-order valence-electron chi connectivity index (χ3n) is 2.79. The standard InChI is InChI=1S/C14H18BrNS/c1-10(2)8-9-12-13(17-14(15)16-12)11-6-4-3-5-7-11/h3-7,10,14,16H,8-9H2,1-2H3. The highest BCUT2D eigenvalue weighted by Crippen LogP contribution is 2.41. The van der Waals surface area contributed by atoms with Crippen LogP contribution in [0.5, 0.6) is 0 Å². The minimum atomic E-state index is 0.319. The zero-order valence-electron chi connectivity index (χ0n) is 10.2. The predicted molar refractivity (Wildman–Crippen MR) is 80.9 cm³/mol. The summed E-state index contributed by atoms with van der Waals surface area (Å²) in [5, 5.41) is 3.52. The van der Waals surface area contributed by atoms with Gasteiger partial charge < -0.3 is 5.32 Å². The van der Waals surface area contributed by atoms with E-state index in [2.05, 4.69) is 65.4 Å². The maximum Gasteiger partial charge on any atom is 0.133 e. The number of benzene rings is 1. The van der Waals surface area contributed by atoms with Crippen LogP contribution in [0.1, 0.15) is 32.3 Å². The smallest absolute Gasteiger partial charge is 0.133 e. The Kier molecular flexibility index (Phi) is 4.57. The third kappa shape index (κ3) is 3.52. The molecule has 0 spiro atoms. The zero-order chi connectivity index (χ0) is 12.3. The van der Waals surface area contributed by atoms with Crippen LogP contribution in [-0.4, -0.2) is 4.28 Å². The first kappa shape index (κ1) is 13.0. The van der Waals surface area contributed by atoms with E-state index in [0.29, 0.717) is 4.28 Å². The van der Waals surface area contributed by atoms with Crippen molar-refractivity contribution in [2.24, 2.45) is 5.92 Å². The van der Waals surface area contributed by atoms with Crippen LogP contribution in [0.15, 0.2) is 36.0 Å². The van der Waals surface area contributed by atoms with Gasteiger partial charge in [-0.1, -0.05) is 71.9 Å². The summed E-state index contributed by atoms with van der Waals surface area (Å²) in [5.74, 6) is 0.751. The highest BCUT2D eigenvalue weighted by Gasteiger charge is 2.22. The monoisotopic (exact) mass is 311 g/mol. The van der Waals surface area contributed by atoms with E-state index in [1.807, 2.05) is 11.8 Å². The number of allylic oxidation sites excluding steroid dienone is 1. The molecule has 17 heavy (non-hydrogen) atoms. The molecule has 1 atom stereocenters. The van der Waals surface area contributed by atoms with Crippen molar-refractivity contribution in [2.45, 2.75) is 31.0 Å².